The number of amides is 2. The Kier molecular flexibility index (Phi) is 7.31. The van der Waals surface area contributed by atoms with Crippen LogP contribution >= 0.6 is 23.6 Å². The third-order valence-corrected chi connectivity index (χ3v) is 4.12. The van der Waals surface area contributed by atoms with Crippen molar-refractivity contribution < 1.29 is 9.59 Å². The van der Waals surface area contributed by atoms with Crippen LogP contribution in [0.25, 0.3) is 6.08 Å². The molecule has 0 aliphatic heterocycles. The van der Waals surface area contributed by atoms with E-state index >= 15 is 0 Å². The van der Waals surface area contributed by atoms with Crippen LogP contribution in [0, 0.1) is 0 Å². The van der Waals surface area contributed by atoms with Crippen molar-refractivity contribution in [2.45, 2.75) is 19.8 Å². The van der Waals surface area contributed by atoms with Gasteiger partial charge < -0.3 is 10.6 Å². The molecule has 1 aromatic heterocycles. The minimum atomic E-state index is -0.297. The normalized spacial score (nSPS) is 10.4. The maximum Gasteiger partial charge on any atom is 0.250 e. The molecular weight excluding hydrogens is 354 g/mol. The lowest BCUT2D eigenvalue weighted by atomic mass is 10.2. The van der Waals surface area contributed by atoms with Gasteiger partial charge in [-0.3, -0.25) is 14.9 Å². The summed E-state index contributed by atoms with van der Waals surface area (Å²) in [6.07, 6.45) is 4.47. The molecule has 1 heterocycles. The van der Waals surface area contributed by atoms with E-state index in [0.29, 0.717) is 6.42 Å². The van der Waals surface area contributed by atoms with E-state index in [4.69, 9.17) is 12.2 Å². The highest BCUT2D eigenvalue weighted by Crippen LogP contribution is 2.14. The number of hydrogen-bond acceptors (Lipinski definition) is 4. The molecular formula is C18H19N3O2S2. The Balaban J connectivity index is 1.81. The zero-order valence-electron chi connectivity index (χ0n) is 13.7. The maximum absolute atomic E-state index is 11.8. The molecule has 2 amide bonds. The van der Waals surface area contributed by atoms with Gasteiger partial charge in [-0.15, -0.1) is 11.3 Å². The molecule has 0 bridgehead atoms. The summed E-state index contributed by atoms with van der Waals surface area (Å²) in [7, 11) is 0. The van der Waals surface area contributed by atoms with Gasteiger partial charge in [0.25, 0.3) is 0 Å². The maximum atomic E-state index is 11.8. The second-order valence-corrected chi connectivity index (χ2v) is 6.56. The van der Waals surface area contributed by atoms with Gasteiger partial charge in [0.2, 0.25) is 11.8 Å². The van der Waals surface area contributed by atoms with Gasteiger partial charge in [-0.2, -0.15) is 0 Å². The third kappa shape index (κ3) is 6.86. The first-order chi connectivity index (χ1) is 12.1. The molecule has 2 aromatic rings. The van der Waals surface area contributed by atoms with Gasteiger partial charge in [0.05, 0.1) is 0 Å². The van der Waals surface area contributed by atoms with E-state index in [1.54, 1.807) is 41.7 Å². The van der Waals surface area contributed by atoms with Crippen molar-refractivity contribution in [1.82, 2.24) is 5.32 Å². The van der Waals surface area contributed by atoms with Crippen molar-refractivity contribution in [2.75, 3.05) is 10.6 Å². The van der Waals surface area contributed by atoms with Crippen LogP contribution in [0.3, 0.4) is 0 Å². The first-order valence-electron chi connectivity index (χ1n) is 7.80. The molecule has 0 saturated carbocycles. The monoisotopic (exact) mass is 373 g/mol. The number of anilines is 2. The van der Waals surface area contributed by atoms with Gasteiger partial charge in [-0.05, 0) is 60.4 Å². The average molecular weight is 374 g/mol. The lowest BCUT2D eigenvalue weighted by Crippen LogP contribution is -2.32. The van der Waals surface area contributed by atoms with Crippen LogP contribution in [-0.2, 0) is 9.59 Å². The molecule has 3 N–H and O–H groups in total. The molecule has 7 heteroatoms. The van der Waals surface area contributed by atoms with Crippen LogP contribution in [0.15, 0.2) is 47.9 Å². The summed E-state index contributed by atoms with van der Waals surface area (Å²) in [6.45, 7) is 1.96. The van der Waals surface area contributed by atoms with E-state index in [0.717, 1.165) is 22.7 Å². The zero-order valence-corrected chi connectivity index (χ0v) is 15.4. The molecule has 1 aromatic carbocycles. The van der Waals surface area contributed by atoms with E-state index in [2.05, 4.69) is 16.0 Å². The second kappa shape index (κ2) is 9.71. The predicted octanol–water partition coefficient (Wildman–Crippen LogP) is 4.01. The minimum Gasteiger partial charge on any atom is -0.332 e. The second-order valence-electron chi connectivity index (χ2n) is 5.17. The van der Waals surface area contributed by atoms with Crippen molar-refractivity contribution in [3.05, 3.63) is 52.7 Å². The first kappa shape index (κ1) is 18.8. The molecule has 5 nitrogen and oxygen atoms in total. The number of nitrogens with one attached hydrogen (secondary N) is 3. The van der Waals surface area contributed by atoms with Crippen molar-refractivity contribution in [3.63, 3.8) is 0 Å². The number of rotatable bonds is 6. The SMILES string of the molecule is CCCC(=O)Nc1ccc(NC(=S)NC(=O)/C=C/c2cccs2)cc1. The lowest BCUT2D eigenvalue weighted by Gasteiger charge is -2.09. The summed E-state index contributed by atoms with van der Waals surface area (Å²) in [5, 5.41) is 10.5. The first-order valence-corrected chi connectivity index (χ1v) is 9.09. The molecule has 0 radical (unpaired) electrons. The van der Waals surface area contributed by atoms with Crippen LogP contribution in [0.1, 0.15) is 24.6 Å². The predicted molar refractivity (Wildman–Crippen MR) is 108 cm³/mol. The van der Waals surface area contributed by atoms with Crippen LogP contribution in [0.5, 0.6) is 0 Å². The summed E-state index contributed by atoms with van der Waals surface area (Å²) in [5.74, 6) is -0.308. The molecule has 0 aliphatic rings. The number of benzene rings is 1. The highest BCUT2D eigenvalue weighted by Gasteiger charge is 2.03. The molecule has 0 unspecified atom stereocenters. The summed E-state index contributed by atoms with van der Waals surface area (Å²) in [6, 6.07) is 11.0. The molecule has 0 atom stereocenters. The zero-order chi connectivity index (χ0) is 18.1. The summed E-state index contributed by atoms with van der Waals surface area (Å²) < 4.78 is 0. The number of carbonyl (C=O) groups excluding carboxylic acids is 2. The fraction of sp³-hybridized carbons (Fsp3) is 0.167. The van der Waals surface area contributed by atoms with E-state index in [9.17, 15) is 9.59 Å². The van der Waals surface area contributed by atoms with E-state index < -0.39 is 0 Å². The summed E-state index contributed by atoms with van der Waals surface area (Å²) >= 11 is 6.67. The highest BCUT2D eigenvalue weighted by atomic mass is 32.1. The van der Waals surface area contributed by atoms with Crippen LogP contribution < -0.4 is 16.0 Å². The molecule has 25 heavy (non-hydrogen) atoms. The molecule has 0 fully saturated rings. The van der Waals surface area contributed by atoms with Gasteiger partial charge in [0, 0.05) is 28.7 Å². The van der Waals surface area contributed by atoms with E-state index in [-0.39, 0.29) is 16.9 Å². The molecule has 130 valence electrons. The van der Waals surface area contributed by atoms with Crippen molar-refractivity contribution in [1.29, 1.82) is 0 Å². The Morgan fingerprint density at radius 3 is 2.40 bits per heavy atom. The number of thiocarbonyl (C=S) groups is 1. The van der Waals surface area contributed by atoms with Gasteiger partial charge in [-0.25, -0.2) is 0 Å². The van der Waals surface area contributed by atoms with Crippen LogP contribution in [0.4, 0.5) is 11.4 Å². The van der Waals surface area contributed by atoms with Crippen molar-refractivity contribution in [2.24, 2.45) is 0 Å². The van der Waals surface area contributed by atoms with E-state index in [1.165, 1.54) is 6.08 Å². The molecule has 0 saturated heterocycles. The van der Waals surface area contributed by atoms with Gasteiger partial charge >= 0.3 is 0 Å². The van der Waals surface area contributed by atoms with Gasteiger partial charge in [0.1, 0.15) is 0 Å². The topological polar surface area (TPSA) is 70.2 Å². The highest BCUT2D eigenvalue weighted by molar-refractivity contribution is 7.80. The number of carbonyl (C=O) groups is 2. The fourth-order valence-electron chi connectivity index (χ4n) is 1.95. The Labute approximate surface area is 156 Å². The molecule has 0 spiro atoms. The minimum absolute atomic E-state index is 0.0106. The van der Waals surface area contributed by atoms with Gasteiger partial charge in [0.15, 0.2) is 5.11 Å². The largest absolute Gasteiger partial charge is 0.332 e. The Morgan fingerprint density at radius 2 is 1.80 bits per heavy atom. The van der Waals surface area contributed by atoms with Gasteiger partial charge in [-0.1, -0.05) is 13.0 Å². The van der Waals surface area contributed by atoms with Crippen LogP contribution in [0.2, 0.25) is 0 Å². The third-order valence-electron chi connectivity index (χ3n) is 3.08. The van der Waals surface area contributed by atoms with Crippen LogP contribution in [-0.4, -0.2) is 16.9 Å². The fourth-order valence-corrected chi connectivity index (χ4v) is 2.78. The Bertz CT molecular complexity index is 753. The Morgan fingerprint density at radius 1 is 1.12 bits per heavy atom. The number of thiophene rings is 1. The molecule has 0 aliphatic carbocycles. The summed E-state index contributed by atoms with van der Waals surface area (Å²) in [5.41, 5.74) is 1.44. The Hall–Kier alpha value is -2.51. The number of hydrogen-bond donors (Lipinski definition) is 3. The van der Waals surface area contributed by atoms with E-state index in [1.807, 2.05) is 24.4 Å². The molecule has 2 rings (SSSR count). The summed E-state index contributed by atoms with van der Waals surface area (Å²) in [4.78, 5) is 24.3. The van der Waals surface area contributed by atoms with Crippen molar-refractivity contribution >= 4 is 57.9 Å². The standard InChI is InChI=1S/C18H19N3O2S2/c1-2-4-16(22)19-13-6-8-14(9-7-13)20-18(24)21-17(23)11-10-15-5-3-12-25-15/h3,5-12H,2,4H2,1H3,(H,19,22)(H2,20,21,23,24)/b11-10+. The quantitative estimate of drug-likeness (QED) is 0.528. The average Bonchev–Trinajstić information content (AvgIpc) is 3.08. The van der Waals surface area contributed by atoms with Crippen molar-refractivity contribution in [3.8, 4) is 0 Å². The lowest BCUT2D eigenvalue weighted by molar-refractivity contribution is -0.116. The smallest absolute Gasteiger partial charge is 0.250 e.